The van der Waals surface area contributed by atoms with Crippen LogP contribution in [-0.2, 0) is 63.7 Å². The molecular formula is C45H72N4O14. The molecule has 18 nitrogen and oxygen atoms in total. The minimum atomic E-state index is -1.23. The molecule has 0 heterocycles. The molecule has 0 bridgehead atoms. The molecule has 1 rings (SSSR count). The molecule has 18 heteroatoms. The predicted molar refractivity (Wildman–Crippen MR) is 233 cm³/mol. The van der Waals surface area contributed by atoms with Crippen molar-refractivity contribution in [3.63, 3.8) is 0 Å². The van der Waals surface area contributed by atoms with Crippen molar-refractivity contribution in [2.75, 3.05) is 65.9 Å². The molecule has 0 saturated carbocycles. The van der Waals surface area contributed by atoms with Gasteiger partial charge in [-0.3, -0.25) is 28.8 Å². The molecule has 6 N–H and O–H groups in total. The van der Waals surface area contributed by atoms with Gasteiger partial charge in [0.2, 0.25) is 23.6 Å². The number of ketones is 2. The lowest BCUT2D eigenvalue weighted by molar-refractivity contribution is -0.142. The van der Waals surface area contributed by atoms with Gasteiger partial charge in [-0.25, -0.2) is 9.59 Å². The Morgan fingerprint density at radius 2 is 0.984 bits per heavy atom. The van der Waals surface area contributed by atoms with Gasteiger partial charge in [-0.2, -0.15) is 0 Å². The molecule has 0 radical (unpaired) electrons. The highest BCUT2D eigenvalue weighted by Gasteiger charge is 2.22. The van der Waals surface area contributed by atoms with Crippen LogP contribution in [0, 0.1) is 0 Å². The molecule has 0 aromatic heterocycles. The van der Waals surface area contributed by atoms with E-state index in [1.807, 2.05) is 30.3 Å². The van der Waals surface area contributed by atoms with Gasteiger partial charge < -0.3 is 50.4 Å². The smallest absolute Gasteiger partial charge is 0.326 e. The molecule has 0 saturated heterocycles. The van der Waals surface area contributed by atoms with E-state index in [1.165, 1.54) is 0 Å². The highest BCUT2D eigenvalue weighted by Crippen LogP contribution is 2.11. The number of unbranched alkanes of at least 4 members (excludes halogenated alkanes) is 5. The minimum Gasteiger partial charge on any atom is -0.480 e. The van der Waals surface area contributed by atoms with Crippen LogP contribution in [0.4, 0.5) is 0 Å². The number of aliphatic carboxylic acids is 2. The summed E-state index contributed by atoms with van der Waals surface area (Å²) in [5, 5.41) is 29.5. The summed E-state index contributed by atoms with van der Waals surface area (Å²) in [7, 11) is 0. The Balaban J connectivity index is 2.04. The van der Waals surface area contributed by atoms with E-state index >= 15 is 0 Å². The van der Waals surface area contributed by atoms with Crippen molar-refractivity contribution in [2.24, 2.45) is 0 Å². The first-order chi connectivity index (χ1) is 30.4. The number of benzene rings is 1. The Hall–Kier alpha value is -4.78. The standard InChI is InChI=1S/C45H72N4O14/c1-2-3-11-25-46-42(54)33-63-32-30-61-28-26-47-43(55)34-62-31-29-60-27-13-18-37(51)22-24-38(44(56)57)48-40(52)19-10-5-4-9-17-36(50)21-23-39(45(58)59)49-41(53)20-12-16-35-14-7-6-8-15-35/h6-8,14-15,38-39H,2-5,9-13,16-34H2,1H3,(H,46,54)(H,47,55)(H,48,52)(H,49,53)(H,56,57)(H,58,59)/t38-,39-/m0/s1. The summed E-state index contributed by atoms with van der Waals surface area (Å²) in [5.74, 6) is -3.96. The number of carbonyl (C=O) groups excluding carboxylic acids is 6. The minimum absolute atomic E-state index is 0.00571. The van der Waals surface area contributed by atoms with E-state index in [0.29, 0.717) is 64.6 Å². The van der Waals surface area contributed by atoms with E-state index in [4.69, 9.17) is 18.9 Å². The quantitative estimate of drug-likeness (QED) is 0.0514. The van der Waals surface area contributed by atoms with Gasteiger partial charge >= 0.3 is 11.9 Å². The lowest BCUT2D eigenvalue weighted by atomic mass is 10.0. The third-order valence-electron chi connectivity index (χ3n) is 9.64. The fraction of sp³-hybridized carbons (Fsp3) is 0.689. The second-order valence-electron chi connectivity index (χ2n) is 15.2. The molecule has 0 spiro atoms. The lowest BCUT2D eigenvalue weighted by Gasteiger charge is -2.14. The van der Waals surface area contributed by atoms with Crippen LogP contribution < -0.4 is 21.3 Å². The summed E-state index contributed by atoms with van der Waals surface area (Å²) >= 11 is 0. The number of carboxylic acids is 2. The van der Waals surface area contributed by atoms with E-state index in [-0.39, 0.29) is 127 Å². The summed E-state index contributed by atoms with van der Waals surface area (Å²) in [6, 6.07) is 7.33. The summed E-state index contributed by atoms with van der Waals surface area (Å²) in [5.41, 5.74) is 1.09. The third kappa shape index (κ3) is 33.5. The number of rotatable bonds is 42. The molecule has 1 aromatic carbocycles. The molecular weight excluding hydrogens is 821 g/mol. The first-order valence-electron chi connectivity index (χ1n) is 22.4. The van der Waals surface area contributed by atoms with Crippen LogP contribution in [0.1, 0.15) is 122 Å². The van der Waals surface area contributed by atoms with Crippen molar-refractivity contribution in [2.45, 2.75) is 135 Å². The predicted octanol–water partition coefficient (Wildman–Crippen LogP) is 3.46. The van der Waals surface area contributed by atoms with Crippen LogP contribution in [0.3, 0.4) is 0 Å². The van der Waals surface area contributed by atoms with Crippen LogP contribution in [0.5, 0.6) is 0 Å². The van der Waals surface area contributed by atoms with Crippen molar-refractivity contribution < 1.29 is 67.5 Å². The number of amides is 4. The maximum absolute atomic E-state index is 12.4. The van der Waals surface area contributed by atoms with Gasteiger partial charge in [-0.1, -0.05) is 62.9 Å². The number of hydrogen-bond acceptors (Lipinski definition) is 12. The molecule has 0 fully saturated rings. The average Bonchev–Trinajstić information content (AvgIpc) is 3.25. The van der Waals surface area contributed by atoms with Gasteiger partial charge in [0.15, 0.2) is 0 Å². The molecule has 4 amide bonds. The number of aryl methyl sites for hydroxylation is 1. The number of ether oxygens (including phenoxy) is 4. The molecule has 1 aromatic rings. The lowest BCUT2D eigenvalue weighted by Crippen LogP contribution is -2.41. The fourth-order valence-corrected chi connectivity index (χ4v) is 6.08. The van der Waals surface area contributed by atoms with Gasteiger partial charge in [0.05, 0.1) is 33.0 Å². The zero-order chi connectivity index (χ0) is 46.3. The van der Waals surface area contributed by atoms with E-state index in [2.05, 4.69) is 28.2 Å². The van der Waals surface area contributed by atoms with E-state index in [1.54, 1.807) is 0 Å². The number of carbonyl (C=O) groups is 8. The Kier molecular flexibility index (Phi) is 33.7. The second-order valence-corrected chi connectivity index (χ2v) is 15.2. The van der Waals surface area contributed by atoms with Gasteiger partial charge in [-0.05, 0) is 56.9 Å². The molecule has 2 atom stereocenters. The maximum atomic E-state index is 12.4. The molecule has 0 unspecified atom stereocenters. The Bertz CT molecular complexity index is 1480. The number of carboxylic acid groups (broad SMARTS) is 2. The van der Waals surface area contributed by atoms with E-state index < -0.39 is 29.9 Å². The summed E-state index contributed by atoms with van der Waals surface area (Å²) in [4.78, 5) is 96.2. The monoisotopic (exact) mass is 893 g/mol. The zero-order valence-electron chi connectivity index (χ0n) is 37.1. The molecule has 63 heavy (non-hydrogen) atoms. The normalized spacial score (nSPS) is 11.9. The summed E-state index contributed by atoms with van der Waals surface area (Å²) in [6.07, 6.45) is 7.82. The average molecular weight is 893 g/mol. The van der Waals surface area contributed by atoms with Crippen molar-refractivity contribution in [1.29, 1.82) is 0 Å². The van der Waals surface area contributed by atoms with E-state index in [9.17, 15) is 48.6 Å². The van der Waals surface area contributed by atoms with Crippen molar-refractivity contribution in [3.05, 3.63) is 35.9 Å². The SMILES string of the molecule is CCCCCNC(=O)COCCOCCNC(=O)COCCOCCCC(=O)CC[C@H](NC(=O)CCCCCCC(=O)CC[C@H](NC(=O)CCCc1ccccc1)C(=O)O)C(=O)O. The molecule has 356 valence electrons. The van der Waals surface area contributed by atoms with Crippen LogP contribution in [0.25, 0.3) is 0 Å². The highest BCUT2D eigenvalue weighted by atomic mass is 16.5. The topological polar surface area (TPSA) is 262 Å². The number of hydrogen-bond donors (Lipinski definition) is 6. The van der Waals surface area contributed by atoms with Crippen LogP contribution in [0.15, 0.2) is 30.3 Å². The molecule has 0 aliphatic rings. The molecule has 0 aliphatic heterocycles. The fourth-order valence-electron chi connectivity index (χ4n) is 6.08. The van der Waals surface area contributed by atoms with Gasteiger partial charge in [0, 0.05) is 58.2 Å². The van der Waals surface area contributed by atoms with Crippen LogP contribution >= 0.6 is 0 Å². The van der Waals surface area contributed by atoms with Gasteiger partial charge in [0.1, 0.15) is 36.9 Å². The summed E-state index contributed by atoms with van der Waals surface area (Å²) < 4.78 is 21.3. The highest BCUT2D eigenvalue weighted by molar-refractivity contribution is 5.85. The molecule has 0 aliphatic carbocycles. The number of Topliss-reactive ketones (excluding diaryl/α,β-unsaturated/α-hetero) is 2. The Labute approximate surface area is 371 Å². The first-order valence-corrected chi connectivity index (χ1v) is 22.4. The maximum Gasteiger partial charge on any atom is 0.326 e. The van der Waals surface area contributed by atoms with Crippen LogP contribution in [-0.4, -0.2) is 135 Å². The number of nitrogens with one attached hydrogen (secondary N) is 4. The largest absolute Gasteiger partial charge is 0.480 e. The van der Waals surface area contributed by atoms with Gasteiger partial charge in [-0.15, -0.1) is 0 Å². The van der Waals surface area contributed by atoms with E-state index in [0.717, 1.165) is 24.8 Å². The van der Waals surface area contributed by atoms with Crippen LogP contribution in [0.2, 0.25) is 0 Å². The Morgan fingerprint density at radius 3 is 1.54 bits per heavy atom. The van der Waals surface area contributed by atoms with Crippen molar-refractivity contribution in [1.82, 2.24) is 21.3 Å². The van der Waals surface area contributed by atoms with Crippen molar-refractivity contribution in [3.8, 4) is 0 Å². The third-order valence-corrected chi connectivity index (χ3v) is 9.64. The summed E-state index contributed by atoms with van der Waals surface area (Å²) in [6.45, 7) is 4.38. The first kappa shape index (κ1) is 56.2. The van der Waals surface area contributed by atoms with Crippen molar-refractivity contribution >= 4 is 47.1 Å². The Morgan fingerprint density at radius 1 is 0.492 bits per heavy atom. The second kappa shape index (κ2) is 37.7. The van der Waals surface area contributed by atoms with Gasteiger partial charge in [0.25, 0.3) is 0 Å². The zero-order valence-corrected chi connectivity index (χ0v) is 37.1.